The lowest BCUT2D eigenvalue weighted by Gasteiger charge is -2.26. The van der Waals surface area contributed by atoms with Crippen LogP contribution < -0.4 is 0 Å². The first-order chi connectivity index (χ1) is 5.11. The molecule has 0 saturated carbocycles. The molecule has 0 aromatic carbocycles. The summed E-state index contributed by atoms with van der Waals surface area (Å²) in [6, 6.07) is 0.712. The van der Waals surface area contributed by atoms with Crippen LogP contribution >= 0.6 is 0 Å². The predicted molar refractivity (Wildman–Crippen MR) is 49.4 cm³/mol. The van der Waals surface area contributed by atoms with Crippen molar-refractivity contribution in [3.8, 4) is 0 Å². The molecule has 0 spiro atoms. The van der Waals surface area contributed by atoms with Crippen LogP contribution in [0, 0.1) is 5.92 Å². The van der Waals surface area contributed by atoms with Crippen LogP contribution in [-0.4, -0.2) is 18.0 Å². The van der Waals surface area contributed by atoms with E-state index in [0.717, 1.165) is 5.92 Å². The Labute approximate surface area is 70.1 Å². The van der Waals surface area contributed by atoms with Gasteiger partial charge in [0.15, 0.2) is 0 Å². The number of nitrogens with zero attached hydrogens (tertiary/aromatic N) is 1. The second-order valence-electron chi connectivity index (χ2n) is 3.88. The zero-order valence-electron chi connectivity index (χ0n) is 8.09. The lowest BCUT2D eigenvalue weighted by atomic mass is 10.0. The molecule has 0 bridgehead atoms. The summed E-state index contributed by atoms with van der Waals surface area (Å²) in [5, 5.41) is 0. The first-order valence-electron chi connectivity index (χ1n) is 4.51. The van der Waals surface area contributed by atoms with E-state index in [1.54, 1.807) is 0 Å². The molecule has 0 amide bonds. The smallest absolute Gasteiger partial charge is 0.0257 e. The molecule has 11 heavy (non-hydrogen) atoms. The molecule has 0 aliphatic carbocycles. The summed E-state index contributed by atoms with van der Waals surface area (Å²) < 4.78 is 0. The van der Waals surface area contributed by atoms with E-state index in [9.17, 15) is 0 Å². The van der Waals surface area contributed by atoms with Crippen LogP contribution in [0.25, 0.3) is 0 Å². The fourth-order valence-corrected chi connectivity index (χ4v) is 1.70. The van der Waals surface area contributed by atoms with Crippen molar-refractivity contribution in [3.05, 3.63) is 11.8 Å². The van der Waals surface area contributed by atoms with Gasteiger partial charge in [-0.15, -0.1) is 0 Å². The molecule has 0 N–H and O–H groups in total. The van der Waals surface area contributed by atoms with Crippen molar-refractivity contribution in [3.63, 3.8) is 0 Å². The summed E-state index contributed by atoms with van der Waals surface area (Å²) in [6.45, 7) is 6.84. The molecule has 0 radical (unpaired) electrons. The molecule has 1 heteroatoms. The standard InChI is InChI=1S/C10H19N/c1-8-5-6-9(2)11(4)10(3)7-8/h6,8,10H,5,7H2,1-4H3. The Morgan fingerprint density at radius 1 is 1.45 bits per heavy atom. The van der Waals surface area contributed by atoms with E-state index in [1.807, 2.05) is 0 Å². The normalized spacial score (nSPS) is 33.1. The minimum atomic E-state index is 0.712. The summed E-state index contributed by atoms with van der Waals surface area (Å²) in [5.74, 6) is 0.852. The predicted octanol–water partition coefficient (Wildman–Crippen LogP) is 2.64. The van der Waals surface area contributed by atoms with Gasteiger partial charge in [-0.05, 0) is 32.6 Å². The van der Waals surface area contributed by atoms with Gasteiger partial charge in [0.25, 0.3) is 0 Å². The lowest BCUT2D eigenvalue weighted by molar-refractivity contribution is 0.291. The highest BCUT2D eigenvalue weighted by Crippen LogP contribution is 2.22. The fraction of sp³-hybridized carbons (Fsp3) is 0.800. The van der Waals surface area contributed by atoms with E-state index in [1.165, 1.54) is 18.5 Å². The molecular formula is C10H19N. The van der Waals surface area contributed by atoms with Gasteiger partial charge in [-0.25, -0.2) is 0 Å². The van der Waals surface area contributed by atoms with E-state index in [0.29, 0.717) is 6.04 Å². The Hall–Kier alpha value is -0.460. The van der Waals surface area contributed by atoms with Crippen molar-refractivity contribution in [1.29, 1.82) is 0 Å². The quantitative estimate of drug-likeness (QED) is 0.517. The van der Waals surface area contributed by atoms with Gasteiger partial charge in [-0.3, -0.25) is 0 Å². The molecule has 1 aliphatic heterocycles. The van der Waals surface area contributed by atoms with Crippen molar-refractivity contribution in [2.24, 2.45) is 5.92 Å². The zero-order chi connectivity index (χ0) is 8.43. The van der Waals surface area contributed by atoms with Crippen LogP contribution in [0.5, 0.6) is 0 Å². The topological polar surface area (TPSA) is 3.24 Å². The van der Waals surface area contributed by atoms with E-state index < -0.39 is 0 Å². The third kappa shape index (κ3) is 1.98. The average molecular weight is 153 g/mol. The Kier molecular flexibility index (Phi) is 2.58. The summed E-state index contributed by atoms with van der Waals surface area (Å²) in [7, 11) is 2.19. The molecule has 0 aromatic heterocycles. The van der Waals surface area contributed by atoms with Crippen LogP contribution in [0.1, 0.15) is 33.6 Å². The second-order valence-corrected chi connectivity index (χ2v) is 3.88. The average Bonchev–Trinajstić information content (AvgIpc) is 2.05. The highest BCUT2D eigenvalue weighted by Gasteiger charge is 2.16. The maximum atomic E-state index is 2.38. The van der Waals surface area contributed by atoms with Gasteiger partial charge in [-0.1, -0.05) is 13.0 Å². The summed E-state index contributed by atoms with van der Waals surface area (Å²) in [5.41, 5.74) is 1.43. The zero-order valence-corrected chi connectivity index (χ0v) is 8.09. The third-order valence-electron chi connectivity index (χ3n) is 2.78. The van der Waals surface area contributed by atoms with Gasteiger partial charge in [0.05, 0.1) is 0 Å². The molecule has 1 aliphatic rings. The van der Waals surface area contributed by atoms with Gasteiger partial charge >= 0.3 is 0 Å². The highest BCUT2D eigenvalue weighted by molar-refractivity contribution is 5.01. The number of rotatable bonds is 0. The van der Waals surface area contributed by atoms with Gasteiger partial charge in [0.1, 0.15) is 0 Å². The molecule has 1 nitrogen and oxygen atoms in total. The van der Waals surface area contributed by atoms with Crippen LogP contribution in [-0.2, 0) is 0 Å². The van der Waals surface area contributed by atoms with Gasteiger partial charge in [0, 0.05) is 18.8 Å². The largest absolute Gasteiger partial charge is 0.376 e. The van der Waals surface area contributed by atoms with Crippen LogP contribution in [0.3, 0.4) is 0 Å². The molecule has 0 fully saturated rings. The fourth-order valence-electron chi connectivity index (χ4n) is 1.70. The molecule has 64 valence electrons. The summed E-state index contributed by atoms with van der Waals surface area (Å²) in [6.07, 6.45) is 4.93. The molecule has 2 unspecified atom stereocenters. The van der Waals surface area contributed by atoms with Crippen molar-refractivity contribution >= 4 is 0 Å². The van der Waals surface area contributed by atoms with Crippen molar-refractivity contribution < 1.29 is 0 Å². The first-order valence-corrected chi connectivity index (χ1v) is 4.51. The minimum Gasteiger partial charge on any atom is -0.376 e. The Balaban J connectivity index is 2.68. The molecule has 1 rings (SSSR count). The van der Waals surface area contributed by atoms with E-state index >= 15 is 0 Å². The Bertz CT molecular complexity index is 160. The molecule has 2 atom stereocenters. The summed E-state index contributed by atoms with van der Waals surface area (Å²) in [4.78, 5) is 2.38. The second kappa shape index (κ2) is 3.29. The van der Waals surface area contributed by atoms with Gasteiger partial charge in [0.2, 0.25) is 0 Å². The van der Waals surface area contributed by atoms with Crippen LogP contribution in [0.15, 0.2) is 11.8 Å². The Morgan fingerprint density at radius 3 is 2.73 bits per heavy atom. The number of hydrogen-bond acceptors (Lipinski definition) is 1. The lowest BCUT2D eigenvalue weighted by Crippen LogP contribution is -2.27. The number of hydrogen-bond donors (Lipinski definition) is 0. The van der Waals surface area contributed by atoms with Crippen molar-refractivity contribution in [2.75, 3.05) is 7.05 Å². The molecule has 0 saturated heterocycles. The van der Waals surface area contributed by atoms with Crippen LogP contribution in [0.4, 0.5) is 0 Å². The van der Waals surface area contributed by atoms with Crippen LogP contribution in [0.2, 0.25) is 0 Å². The minimum absolute atomic E-state index is 0.712. The molecule has 1 heterocycles. The van der Waals surface area contributed by atoms with Gasteiger partial charge in [-0.2, -0.15) is 0 Å². The maximum absolute atomic E-state index is 2.38. The molecular weight excluding hydrogens is 134 g/mol. The maximum Gasteiger partial charge on any atom is 0.0257 e. The molecule has 0 aromatic rings. The van der Waals surface area contributed by atoms with E-state index in [-0.39, 0.29) is 0 Å². The third-order valence-corrected chi connectivity index (χ3v) is 2.78. The first kappa shape index (κ1) is 8.63. The monoisotopic (exact) mass is 153 g/mol. The Morgan fingerprint density at radius 2 is 2.09 bits per heavy atom. The van der Waals surface area contributed by atoms with E-state index in [4.69, 9.17) is 0 Å². The summed E-state index contributed by atoms with van der Waals surface area (Å²) >= 11 is 0. The van der Waals surface area contributed by atoms with E-state index in [2.05, 4.69) is 38.8 Å². The van der Waals surface area contributed by atoms with Gasteiger partial charge < -0.3 is 4.90 Å². The SMILES string of the molecule is CC1=CCC(C)CC(C)N1C. The number of allylic oxidation sites excluding steroid dienone is 2. The van der Waals surface area contributed by atoms with Crippen molar-refractivity contribution in [2.45, 2.75) is 39.7 Å². The van der Waals surface area contributed by atoms with Crippen molar-refractivity contribution in [1.82, 2.24) is 4.90 Å². The highest BCUT2D eigenvalue weighted by atomic mass is 15.1.